The van der Waals surface area contributed by atoms with Crippen LogP contribution in [-0.4, -0.2) is 57.6 Å². The number of nitrogens with two attached hydrogens (primary N) is 1. The first-order chi connectivity index (χ1) is 18.2. The Kier molecular flexibility index (Phi) is 6.84. The van der Waals surface area contributed by atoms with E-state index in [2.05, 4.69) is 5.32 Å². The molecule has 1 fully saturated rings. The summed E-state index contributed by atoms with van der Waals surface area (Å²) in [5, 5.41) is 9.50. The number of benzene rings is 2. The van der Waals surface area contributed by atoms with E-state index in [9.17, 15) is 4.79 Å². The van der Waals surface area contributed by atoms with Gasteiger partial charge in [-0.3, -0.25) is 0 Å². The molecule has 3 N–H and O–H groups in total. The number of methoxy groups -OCH3 is 1. The minimum atomic E-state index is -0.531. The fraction of sp³-hybridized carbons (Fsp3) is 0.345. The predicted octanol–water partition coefficient (Wildman–Crippen LogP) is 5.16. The molecule has 0 bridgehead atoms. The highest BCUT2D eigenvalue weighted by Crippen LogP contribution is 2.35. The fourth-order valence-electron chi connectivity index (χ4n) is 4.72. The van der Waals surface area contributed by atoms with Crippen molar-refractivity contribution in [3.8, 4) is 16.9 Å². The first-order valence-electron chi connectivity index (χ1n) is 12.8. The Hall–Kier alpha value is -4.27. The van der Waals surface area contributed by atoms with Gasteiger partial charge in [0.2, 0.25) is 0 Å². The summed E-state index contributed by atoms with van der Waals surface area (Å²) >= 11 is 0. The zero-order chi connectivity index (χ0) is 26.9. The fourth-order valence-corrected chi connectivity index (χ4v) is 4.72. The van der Waals surface area contributed by atoms with Crippen molar-refractivity contribution in [1.29, 1.82) is 0 Å². The Labute approximate surface area is 222 Å². The van der Waals surface area contributed by atoms with Gasteiger partial charge in [-0.25, -0.2) is 14.5 Å². The van der Waals surface area contributed by atoms with E-state index in [1.54, 1.807) is 18.2 Å². The van der Waals surface area contributed by atoms with Crippen molar-refractivity contribution in [3.63, 3.8) is 0 Å². The number of rotatable bonds is 6. The van der Waals surface area contributed by atoms with Crippen molar-refractivity contribution in [2.24, 2.45) is 0 Å². The summed E-state index contributed by atoms with van der Waals surface area (Å²) in [5.74, 6) is 1.54. The monoisotopic (exact) mass is 514 g/mol. The molecule has 5 rings (SSSR count). The minimum Gasteiger partial charge on any atom is -0.497 e. The van der Waals surface area contributed by atoms with Crippen LogP contribution < -0.4 is 15.8 Å². The van der Waals surface area contributed by atoms with Crippen LogP contribution in [0.3, 0.4) is 0 Å². The van der Waals surface area contributed by atoms with Crippen LogP contribution in [0.2, 0.25) is 0 Å². The number of nitrogen functional groups attached to an aromatic ring is 1. The Morgan fingerprint density at radius 1 is 1.16 bits per heavy atom. The molecule has 4 aromatic rings. The second kappa shape index (κ2) is 10.2. The Morgan fingerprint density at radius 2 is 1.95 bits per heavy atom. The summed E-state index contributed by atoms with van der Waals surface area (Å²) in [5.41, 5.74) is 10.1. The second-order valence-corrected chi connectivity index (χ2v) is 10.6. The van der Waals surface area contributed by atoms with Crippen molar-refractivity contribution in [3.05, 3.63) is 66.4 Å². The first-order valence-corrected chi connectivity index (χ1v) is 12.8. The zero-order valence-electron chi connectivity index (χ0n) is 22.3. The van der Waals surface area contributed by atoms with E-state index in [1.165, 1.54) is 0 Å². The molecule has 9 nitrogen and oxygen atoms in total. The lowest BCUT2D eigenvalue weighted by molar-refractivity contribution is 0.0293. The number of carbonyl (C=O) groups is 1. The quantitative estimate of drug-likeness (QED) is 0.342. The number of ether oxygens (including phenoxy) is 2. The van der Waals surface area contributed by atoms with E-state index in [1.807, 2.05) is 80.1 Å². The molecule has 2 aromatic heterocycles. The van der Waals surface area contributed by atoms with Crippen LogP contribution in [0.1, 0.15) is 32.8 Å². The molecule has 0 unspecified atom stereocenters. The van der Waals surface area contributed by atoms with Gasteiger partial charge in [0, 0.05) is 31.0 Å². The van der Waals surface area contributed by atoms with E-state index in [-0.39, 0.29) is 12.1 Å². The van der Waals surface area contributed by atoms with Crippen molar-refractivity contribution >= 4 is 28.6 Å². The third-order valence-electron chi connectivity index (χ3n) is 6.50. The van der Waals surface area contributed by atoms with Crippen LogP contribution in [0.15, 0.2) is 60.8 Å². The van der Waals surface area contributed by atoms with Crippen LogP contribution >= 0.6 is 0 Å². The molecule has 1 saturated heterocycles. The maximum Gasteiger partial charge on any atom is 0.410 e. The highest BCUT2D eigenvalue weighted by Gasteiger charge is 2.31. The summed E-state index contributed by atoms with van der Waals surface area (Å²) in [7, 11) is 1.66. The first kappa shape index (κ1) is 25.4. The average Bonchev–Trinajstić information content (AvgIpc) is 3.49. The van der Waals surface area contributed by atoms with E-state index in [4.69, 9.17) is 25.3 Å². The van der Waals surface area contributed by atoms with Gasteiger partial charge in [-0.2, -0.15) is 5.10 Å². The lowest BCUT2D eigenvalue weighted by atomic mass is 10.0. The third kappa shape index (κ3) is 5.51. The van der Waals surface area contributed by atoms with Gasteiger partial charge in [0.15, 0.2) is 11.5 Å². The van der Waals surface area contributed by atoms with Crippen LogP contribution in [-0.2, 0) is 11.3 Å². The summed E-state index contributed by atoms with van der Waals surface area (Å²) in [4.78, 5) is 19.1. The molecule has 1 atom stereocenters. The van der Waals surface area contributed by atoms with E-state index in [0.717, 1.165) is 45.7 Å². The van der Waals surface area contributed by atoms with Crippen molar-refractivity contribution < 1.29 is 14.3 Å². The van der Waals surface area contributed by atoms with Gasteiger partial charge in [-0.1, -0.05) is 24.3 Å². The summed E-state index contributed by atoms with van der Waals surface area (Å²) in [6.07, 6.45) is 2.30. The number of fused-ring (bicyclic) bond motifs is 1. The topological polar surface area (TPSA) is 108 Å². The average molecular weight is 515 g/mol. The smallest absolute Gasteiger partial charge is 0.410 e. The molecule has 0 radical (unpaired) electrons. The number of hydrogen-bond acceptors (Lipinski definition) is 7. The van der Waals surface area contributed by atoms with Gasteiger partial charge in [0.1, 0.15) is 11.4 Å². The Bertz CT molecular complexity index is 1440. The number of amides is 1. The van der Waals surface area contributed by atoms with Crippen LogP contribution in [0.25, 0.3) is 22.2 Å². The van der Waals surface area contributed by atoms with Crippen LogP contribution in [0.4, 0.5) is 16.3 Å². The molecule has 2 aromatic carbocycles. The Morgan fingerprint density at radius 3 is 2.66 bits per heavy atom. The number of anilines is 2. The molecule has 198 valence electrons. The number of nitrogens with zero attached hydrogens (tertiary/aromatic N) is 4. The molecular weight excluding hydrogens is 480 g/mol. The lowest BCUT2D eigenvalue weighted by Gasteiger charge is -2.24. The normalized spacial score (nSPS) is 15.6. The van der Waals surface area contributed by atoms with Gasteiger partial charge in [0.05, 0.1) is 19.0 Å². The molecule has 9 heteroatoms. The maximum absolute atomic E-state index is 12.6. The number of likely N-dealkylation sites (tertiary alicyclic amines) is 1. The molecular formula is C29H34N6O3. The van der Waals surface area contributed by atoms with Crippen LogP contribution in [0, 0.1) is 0 Å². The van der Waals surface area contributed by atoms with Crippen molar-refractivity contribution in [2.45, 2.75) is 45.4 Å². The lowest BCUT2D eigenvalue weighted by Crippen LogP contribution is -2.36. The highest BCUT2D eigenvalue weighted by atomic mass is 16.6. The van der Waals surface area contributed by atoms with Gasteiger partial charge in [0.25, 0.3) is 0 Å². The summed E-state index contributed by atoms with van der Waals surface area (Å²) in [6.45, 7) is 7.34. The SMILES string of the molecule is COc1ccc(Cn2nc(N[C@@H]3CCN(C(=O)OC(C)(C)C)C3)c3c(-c4cccc(N)c4)ccnc32)cc1. The van der Waals surface area contributed by atoms with E-state index < -0.39 is 5.60 Å². The van der Waals surface area contributed by atoms with E-state index >= 15 is 0 Å². The van der Waals surface area contributed by atoms with Gasteiger partial charge >= 0.3 is 6.09 Å². The third-order valence-corrected chi connectivity index (χ3v) is 6.50. The van der Waals surface area contributed by atoms with E-state index in [0.29, 0.717) is 25.3 Å². The number of aromatic nitrogens is 3. The molecule has 0 aliphatic carbocycles. The number of nitrogens with one attached hydrogen (secondary N) is 1. The molecule has 38 heavy (non-hydrogen) atoms. The van der Waals surface area contributed by atoms with Crippen molar-refractivity contribution in [2.75, 3.05) is 31.2 Å². The highest BCUT2D eigenvalue weighted by molar-refractivity contribution is 6.01. The number of pyridine rings is 1. The molecule has 1 amide bonds. The molecule has 0 saturated carbocycles. The summed E-state index contributed by atoms with van der Waals surface area (Å²) < 4.78 is 12.8. The minimum absolute atomic E-state index is 0.0314. The molecule has 0 spiro atoms. The zero-order valence-corrected chi connectivity index (χ0v) is 22.3. The second-order valence-electron chi connectivity index (χ2n) is 10.6. The summed E-state index contributed by atoms with van der Waals surface area (Å²) in [6, 6.07) is 17.8. The van der Waals surface area contributed by atoms with Crippen LogP contribution in [0.5, 0.6) is 5.75 Å². The standard InChI is InChI=1S/C29H34N6O3/c1-29(2,3)38-28(36)34-15-13-22(18-34)32-26-25-24(20-6-5-7-21(30)16-20)12-14-31-27(25)35(33-26)17-19-8-10-23(37-4)11-9-19/h5-12,14,16,22H,13,15,17-18,30H2,1-4H3,(H,32,33)/t22-/m1/s1. The largest absolute Gasteiger partial charge is 0.497 e. The maximum atomic E-state index is 12.6. The molecule has 1 aliphatic rings. The van der Waals surface area contributed by atoms with Gasteiger partial charge < -0.3 is 25.4 Å². The predicted molar refractivity (Wildman–Crippen MR) is 149 cm³/mol. The molecule has 3 heterocycles. The number of carbonyl (C=O) groups excluding carboxylic acids is 1. The number of hydrogen-bond donors (Lipinski definition) is 2. The molecule has 1 aliphatic heterocycles. The van der Waals surface area contributed by atoms with Crippen molar-refractivity contribution in [1.82, 2.24) is 19.7 Å². The Balaban J connectivity index is 1.49. The van der Waals surface area contributed by atoms with Gasteiger partial charge in [-0.05, 0) is 74.2 Å². The van der Waals surface area contributed by atoms with Gasteiger partial charge in [-0.15, -0.1) is 0 Å².